The summed E-state index contributed by atoms with van der Waals surface area (Å²) < 4.78 is 12.5. The molecule has 0 radical (unpaired) electrons. The van der Waals surface area contributed by atoms with Crippen LogP contribution >= 0.6 is 11.3 Å². The Morgan fingerprint density at radius 2 is 1.45 bits per heavy atom. The summed E-state index contributed by atoms with van der Waals surface area (Å²) in [6, 6.07) is 24.1. The standard InChI is InChI=1S/C44H35N3OS/c1-5-16-37-29(10-1)35-24-27(28-21-23-41-36(25-28)30-11-3-7-18-40(30)48-41)20-22-38(35)46(37)26-47-39-17-6-2-13-33(39)43(45-47)34-15-9-14-32-31-12-4-8-19-42(31)49-44(32)34/h1-3,6-11,13-15,17-19,24-25H,4-5,12,16,20-23,26H2. The van der Waals surface area contributed by atoms with Gasteiger partial charge in [0, 0.05) is 60.4 Å². The molecule has 0 saturated heterocycles. The van der Waals surface area contributed by atoms with E-state index in [4.69, 9.17) is 9.52 Å². The van der Waals surface area contributed by atoms with Crippen LogP contribution in [0.15, 0.2) is 94.4 Å². The number of aryl methyl sites for hydroxylation is 2. The van der Waals surface area contributed by atoms with Crippen LogP contribution in [-0.4, -0.2) is 14.3 Å². The first-order valence-electron chi connectivity index (χ1n) is 17.8. The highest BCUT2D eigenvalue weighted by Crippen LogP contribution is 2.44. The van der Waals surface area contributed by atoms with Gasteiger partial charge in [0.2, 0.25) is 0 Å². The van der Waals surface area contributed by atoms with Crippen LogP contribution in [0, 0.1) is 0 Å². The molecule has 0 aliphatic heterocycles. The van der Waals surface area contributed by atoms with E-state index in [0.717, 1.165) is 75.1 Å². The predicted octanol–water partition coefficient (Wildman–Crippen LogP) is 11.2. The highest BCUT2D eigenvalue weighted by Gasteiger charge is 2.28. The third-order valence-electron chi connectivity index (χ3n) is 11.3. The van der Waals surface area contributed by atoms with Gasteiger partial charge in [0.15, 0.2) is 0 Å². The smallest absolute Gasteiger partial charge is 0.134 e. The third kappa shape index (κ3) is 4.18. The molecule has 4 aliphatic rings. The van der Waals surface area contributed by atoms with Gasteiger partial charge in [0.05, 0.1) is 5.52 Å². The van der Waals surface area contributed by atoms with E-state index >= 15 is 0 Å². The molecule has 0 saturated carbocycles. The van der Waals surface area contributed by atoms with E-state index in [2.05, 4.69) is 112 Å². The van der Waals surface area contributed by atoms with Crippen molar-refractivity contribution in [2.45, 2.75) is 58.0 Å². The van der Waals surface area contributed by atoms with Crippen LogP contribution in [-0.2, 0) is 32.4 Å². The van der Waals surface area contributed by atoms with Gasteiger partial charge in [-0.1, -0.05) is 72.8 Å². The van der Waals surface area contributed by atoms with Crippen LogP contribution < -0.4 is 0 Å². The lowest BCUT2D eigenvalue weighted by atomic mass is 9.84. The van der Waals surface area contributed by atoms with E-state index < -0.39 is 0 Å². The second kappa shape index (κ2) is 10.7. The predicted molar refractivity (Wildman–Crippen MR) is 204 cm³/mol. The minimum atomic E-state index is 0.724. The molecule has 4 nitrogen and oxygen atoms in total. The number of nitrogens with zero attached hydrogens (tertiary/aromatic N) is 3. The molecular weight excluding hydrogens is 619 g/mol. The Balaban J connectivity index is 1.02. The topological polar surface area (TPSA) is 35.9 Å². The van der Waals surface area contributed by atoms with E-state index in [1.165, 1.54) is 81.6 Å². The average molecular weight is 654 g/mol. The maximum atomic E-state index is 6.23. The Labute approximate surface area is 289 Å². The van der Waals surface area contributed by atoms with Crippen LogP contribution in [0.5, 0.6) is 0 Å². The molecule has 49 heavy (non-hydrogen) atoms. The van der Waals surface area contributed by atoms with Gasteiger partial charge in [-0.25, -0.2) is 4.68 Å². The lowest BCUT2D eigenvalue weighted by Crippen LogP contribution is -2.16. The van der Waals surface area contributed by atoms with Gasteiger partial charge in [0.25, 0.3) is 0 Å². The number of furan rings is 1. The monoisotopic (exact) mass is 653 g/mol. The highest BCUT2D eigenvalue weighted by atomic mass is 32.1. The first kappa shape index (κ1) is 27.8. The molecule has 4 aromatic heterocycles. The zero-order valence-corrected chi connectivity index (χ0v) is 28.2. The summed E-state index contributed by atoms with van der Waals surface area (Å²) in [7, 11) is 0. The van der Waals surface area contributed by atoms with E-state index in [1.54, 1.807) is 0 Å². The summed E-state index contributed by atoms with van der Waals surface area (Å²) in [6.07, 6.45) is 22.8. The molecule has 0 fully saturated rings. The molecule has 0 bridgehead atoms. The molecule has 4 aliphatic carbocycles. The summed E-state index contributed by atoms with van der Waals surface area (Å²) in [5.41, 5.74) is 16.0. The van der Waals surface area contributed by atoms with Crippen molar-refractivity contribution in [2.24, 2.45) is 0 Å². The van der Waals surface area contributed by atoms with Crippen molar-refractivity contribution in [1.82, 2.24) is 14.3 Å². The summed E-state index contributed by atoms with van der Waals surface area (Å²) in [4.78, 5) is 1.41. The fraction of sp³-hybridized carbons (Fsp3) is 0.205. The molecular formula is C44H35N3OS. The van der Waals surface area contributed by atoms with Crippen molar-refractivity contribution in [3.05, 3.63) is 134 Å². The number of hydrogen-bond acceptors (Lipinski definition) is 3. The van der Waals surface area contributed by atoms with Gasteiger partial charge in [0.1, 0.15) is 23.7 Å². The van der Waals surface area contributed by atoms with Crippen molar-refractivity contribution in [1.29, 1.82) is 0 Å². The zero-order valence-electron chi connectivity index (χ0n) is 27.3. The summed E-state index contributed by atoms with van der Waals surface area (Å²) >= 11 is 1.93. The van der Waals surface area contributed by atoms with Crippen LogP contribution in [0.25, 0.3) is 67.5 Å². The quantitative estimate of drug-likeness (QED) is 0.189. The number of aromatic nitrogens is 3. The fourth-order valence-electron chi connectivity index (χ4n) is 8.96. The van der Waals surface area contributed by atoms with Gasteiger partial charge in [-0.3, -0.25) is 0 Å². The van der Waals surface area contributed by atoms with E-state index in [0.29, 0.717) is 0 Å². The second-order valence-electron chi connectivity index (χ2n) is 13.9. The van der Waals surface area contributed by atoms with Crippen molar-refractivity contribution < 1.29 is 4.42 Å². The third-order valence-corrected chi connectivity index (χ3v) is 12.5. The summed E-state index contributed by atoms with van der Waals surface area (Å²) in [6.45, 7) is 0.724. The van der Waals surface area contributed by atoms with Crippen LogP contribution in [0.4, 0.5) is 0 Å². The summed E-state index contributed by atoms with van der Waals surface area (Å²) in [5, 5.41) is 9.31. The first-order chi connectivity index (χ1) is 24.3. The fourth-order valence-corrected chi connectivity index (χ4v) is 10.3. The number of fused-ring (bicyclic) bond motifs is 10. The van der Waals surface area contributed by atoms with Crippen LogP contribution in [0.2, 0.25) is 0 Å². The Morgan fingerprint density at radius 3 is 2.41 bits per heavy atom. The first-order valence-corrected chi connectivity index (χ1v) is 18.6. The van der Waals surface area contributed by atoms with Gasteiger partial charge in [-0.15, -0.1) is 11.3 Å². The lowest BCUT2D eigenvalue weighted by molar-refractivity contribution is 0.529. The van der Waals surface area contributed by atoms with Crippen molar-refractivity contribution >= 4 is 67.6 Å². The molecule has 0 unspecified atom stereocenters. The minimum Gasteiger partial charge on any atom is -0.460 e. The molecule has 3 aromatic carbocycles. The Morgan fingerprint density at radius 1 is 0.673 bits per heavy atom. The van der Waals surface area contributed by atoms with Crippen molar-refractivity contribution in [3.63, 3.8) is 0 Å². The van der Waals surface area contributed by atoms with Crippen LogP contribution in [0.3, 0.4) is 0 Å². The van der Waals surface area contributed by atoms with E-state index in [-0.39, 0.29) is 0 Å². The molecule has 5 heteroatoms. The molecule has 0 atom stereocenters. The molecule has 11 rings (SSSR count). The number of thiophene rings is 1. The maximum Gasteiger partial charge on any atom is 0.134 e. The summed E-state index contributed by atoms with van der Waals surface area (Å²) in [5.74, 6) is 1.13. The number of benzene rings is 3. The Hall–Kier alpha value is -5.13. The number of rotatable bonds is 4. The molecule has 0 spiro atoms. The molecule has 238 valence electrons. The second-order valence-corrected chi connectivity index (χ2v) is 15.0. The van der Waals surface area contributed by atoms with Gasteiger partial charge in [-0.05, 0) is 97.4 Å². The molecule has 7 aromatic rings. The largest absolute Gasteiger partial charge is 0.460 e. The lowest BCUT2D eigenvalue weighted by Gasteiger charge is -2.21. The van der Waals surface area contributed by atoms with Crippen molar-refractivity contribution in [2.75, 3.05) is 0 Å². The van der Waals surface area contributed by atoms with Gasteiger partial charge < -0.3 is 8.98 Å². The van der Waals surface area contributed by atoms with Crippen molar-refractivity contribution in [3.8, 4) is 11.3 Å². The minimum absolute atomic E-state index is 0.724. The molecule has 0 N–H and O–H groups in total. The maximum absolute atomic E-state index is 6.23. The number of para-hydroxylation sites is 2. The van der Waals surface area contributed by atoms with Gasteiger partial charge in [-0.2, -0.15) is 5.10 Å². The normalized spacial score (nSPS) is 16.5. The molecule has 4 heterocycles. The van der Waals surface area contributed by atoms with Gasteiger partial charge >= 0.3 is 0 Å². The molecule has 0 amide bonds. The van der Waals surface area contributed by atoms with E-state index in [1.807, 2.05) is 11.3 Å². The van der Waals surface area contributed by atoms with E-state index in [9.17, 15) is 0 Å². The Bertz CT molecular complexity index is 2640. The average Bonchev–Trinajstić information content (AvgIpc) is 3.91. The Kier molecular flexibility index (Phi) is 6.06. The SMILES string of the molecule is C1=Cc2sc3c(-c4nn(Cn5c6c(c7c5CCC(C5=Cc8c(oc9ccccc89)CC5)=C7)C=CCC6)c5ccccc45)cccc3c2CC1. The number of allylic oxidation sites excluding steroid dienone is 4. The number of hydrogen-bond donors (Lipinski definition) is 0. The highest BCUT2D eigenvalue weighted by molar-refractivity contribution is 7.20. The van der Waals surface area contributed by atoms with Crippen LogP contribution in [0.1, 0.15) is 70.0 Å². The zero-order chi connectivity index (χ0) is 32.1.